The van der Waals surface area contributed by atoms with E-state index >= 15 is 0 Å². The molecule has 5 aromatic carbocycles. The third-order valence-electron chi connectivity index (χ3n) is 15.2. The number of ketones is 1. The number of hydrogen-bond acceptors (Lipinski definition) is 8. The quantitative estimate of drug-likeness (QED) is 0.101. The van der Waals surface area contributed by atoms with Crippen LogP contribution in [0.3, 0.4) is 0 Å². The van der Waals surface area contributed by atoms with Crippen molar-refractivity contribution in [2.45, 2.75) is 114 Å². The number of carbonyl (C=O) groups excluding carboxylic acids is 3. The van der Waals surface area contributed by atoms with E-state index in [0.717, 1.165) is 81.5 Å². The predicted molar refractivity (Wildman–Crippen MR) is 280 cm³/mol. The lowest BCUT2D eigenvalue weighted by molar-refractivity contribution is -0.274. The molecular formula is C58H60Cl2F3N5O6. The number of unbranched alkanes of at least 4 members (excludes halogenated alkanes) is 1. The predicted octanol–water partition coefficient (Wildman–Crippen LogP) is 13.0. The van der Waals surface area contributed by atoms with Crippen molar-refractivity contribution < 1.29 is 41.8 Å². The van der Waals surface area contributed by atoms with E-state index < -0.39 is 29.7 Å². The van der Waals surface area contributed by atoms with E-state index in [9.17, 15) is 27.6 Å². The van der Waals surface area contributed by atoms with Crippen molar-refractivity contribution in [1.29, 1.82) is 0 Å². The number of ether oxygens (including phenoxy) is 3. The summed E-state index contributed by atoms with van der Waals surface area (Å²) >= 11 is 13.1. The van der Waals surface area contributed by atoms with Crippen LogP contribution in [0.2, 0.25) is 10.0 Å². The highest BCUT2D eigenvalue weighted by atomic mass is 35.5. The third kappa shape index (κ3) is 11.1. The van der Waals surface area contributed by atoms with Gasteiger partial charge in [0.1, 0.15) is 23.5 Å². The molecule has 11 nitrogen and oxygen atoms in total. The maximum absolute atomic E-state index is 14.5. The zero-order valence-electron chi connectivity index (χ0n) is 41.7. The van der Waals surface area contributed by atoms with Crippen molar-refractivity contribution in [2.24, 2.45) is 0 Å². The number of piperazine rings is 1. The summed E-state index contributed by atoms with van der Waals surface area (Å²) in [5, 5.41) is 5.32. The summed E-state index contributed by atoms with van der Waals surface area (Å²) in [5.74, 6) is -0.594. The Morgan fingerprint density at radius 2 is 1.39 bits per heavy atom. The van der Waals surface area contributed by atoms with Gasteiger partial charge in [-0.3, -0.25) is 14.6 Å². The van der Waals surface area contributed by atoms with Crippen molar-refractivity contribution in [1.82, 2.24) is 24.6 Å². The number of hydrogen-bond donors (Lipinski definition) is 1. The molecule has 6 aromatic rings. The number of carbonyl (C=O) groups is 3. The average molecular weight is 1050 g/mol. The van der Waals surface area contributed by atoms with Gasteiger partial charge < -0.3 is 29.0 Å². The topological polar surface area (TPSA) is 106 Å². The average Bonchev–Trinajstić information content (AvgIpc) is 4.13. The number of piperidine rings is 1. The fourth-order valence-electron chi connectivity index (χ4n) is 11.5. The molecule has 10 rings (SSSR count). The molecule has 2 amide bonds. The van der Waals surface area contributed by atoms with Crippen LogP contribution in [0.15, 0.2) is 115 Å². The normalized spacial score (nSPS) is 18.6. The Hall–Kier alpha value is -6.06. The molecule has 74 heavy (non-hydrogen) atoms. The van der Waals surface area contributed by atoms with Gasteiger partial charge in [-0.25, -0.2) is 9.59 Å². The lowest BCUT2D eigenvalue weighted by atomic mass is 9.81. The second-order valence-electron chi connectivity index (χ2n) is 21.1. The molecule has 3 saturated heterocycles. The Morgan fingerprint density at radius 3 is 2.01 bits per heavy atom. The zero-order valence-corrected chi connectivity index (χ0v) is 43.2. The first-order valence-electron chi connectivity index (χ1n) is 25.4. The van der Waals surface area contributed by atoms with Crippen LogP contribution in [0, 0.1) is 0 Å². The number of aromatic nitrogens is 1. The van der Waals surface area contributed by atoms with Gasteiger partial charge in [-0.1, -0.05) is 96.0 Å². The van der Waals surface area contributed by atoms with Crippen molar-refractivity contribution in [3.63, 3.8) is 0 Å². The van der Waals surface area contributed by atoms with Gasteiger partial charge in [-0.15, -0.1) is 13.2 Å². The summed E-state index contributed by atoms with van der Waals surface area (Å²) < 4.78 is 57.3. The van der Waals surface area contributed by atoms with Gasteiger partial charge in [0.15, 0.2) is 5.78 Å². The van der Waals surface area contributed by atoms with Gasteiger partial charge in [-0.2, -0.15) is 0 Å². The monoisotopic (exact) mass is 1050 g/mol. The number of halogens is 5. The molecule has 4 heterocycles. The van der Waals surface area contributed by atoms with Gasteiger partial charge >= 0.3 is 18.5 Å². The SMILES string of the molecule is CC(C)(C)OC(=O)N1CCC(NC(=O)OCC2c3ccccc3-c3ccccc32)(C(=O)CCCCn2cc(-c3ccc(OC(F)(F)F)cc3)c3cc(CN4CC5CC4CN5Cc4c(Cl)cccc4Cl)ccc32)CC1. The Balaban J connectivity index is 0.827. The molecule has 0 saturated carbocycles. The first kappa shape index (κ1) is 51.4. The van der Waals surface area contributed by atoms with Gasteiger partial charge in [-0.05, 0) is 123 Å². The maximum Gasteiger partial charge on any atom is 0.573 e. The number of nitrogens with zero attached hydrogens (tertiary/aromatic N) is 4. The van der Waals surface area contributed by atoms with E-state index in [1.54, 1.807) is 37.8 Å². The first-order chi connectivity index (χ1) is 35.4. The number of rotatable bonds is 15. The highest BCUT2D eigenvalue weighted by molar-refractivity contribution is 6.36. The number of benzene rings is 5. The molecule has 3 aliphatic heterocycles. The minimum Gasteiger partial charge on any atom is -0.449 e. The molecule has 0 spiro atoms. The van der Waals surface area contributed by atoms with E-state index in [4.69, 9.17) is 32.7 Å². The largest absolute Gasteiger partial charge is 0.573 e. The molecule has 2 unspecified atom stereocenters. The standard InChI is InChI=1S/C58H60Cl2F3N5O6/c1-56(2,3)74-55(71)65-27-24-57(25-28-65,64-54(70)72-36-49-44-13-6-4-11-42(44)43-12-5-7-14-45(43)49)53(69)17-8-9-26-66-34-47(38-19-21-41(22-20-38)73-58(61,62)63)46-29-37(18-23-52(46)66)31-67-32-40-30-39(67)33-68(40)35-48-50(59)15-10-16-51(48)60/h4-7,10-16,18-23,29,34,39-40,49H,8-9,17,24-28,30-33,35-36H2,1-3H3,(H,64,70). The van der Waals surface area contributed by atoms with Crippen LogP contribution in [-0.2, 0) is 33.9 Å². The molecule has 2 bridgehead atoms. The first-order valence-corrected chi connectivity index (χ1v) is 26.2. The molecular weight excluding hydrogens is 991 g/mol. The molecule has 388 valence electrons. The van der Waals surface area contributed by atoms with Crippen molar-refractivity contribution in [3.8, 4) is 28.0 Å². The fourth-order valence-corrected chi connectivity index (χ4v) is 12.1. The Kier molecular flexibility index (Phi) is 14.5. The summed E-state index contributed by atoms with van der Waals surface area (Å²) in [6, 6.07) is 34.9. The van der Waals surface area contributed by atoms with Crippen LogP contribution < -0.4 is 10.1 Å². The summed E-state index contributed by atoms with van der Waals surface area (Å²) in [6.45, 7) is 9.73. The number of fused-ring (bicyclic) bond motifs is 6. The van der Waals surface area contributed by atoms with Crippen LogP contribution in [0.4, 0.5) is 22.8 Å². The van der Waals surface area contributed by atoms with Crippen LogP contribution in [-0.4, -0.2) is 99.6 Å². The third-order valence-corrected chi connectivity index (χ3v) is 15.9. The summed E-state index contributed by atoms with van der Waals surface area (Å²) in [6.07, 6.45) is -1.19. The van der Waals surface area contributed by atoms with Crippen molar-refractivity contribution >= 4 is 52.1 Å². The van der Waals surface area contributed by atoms with Crippen LogP contribution in [0.25, 0.3) is 33.2 Å². The molecule has 2 atom stereocenters. The smallest absolute Gasteiger partial charge is 0.449 e. The minimum absolute atomic E-state index is 0.0905. The molecule has 3 fully saturated rings. The van der Waals surface area contributed by atoms with E-state index in [0.29, 0.717) is 48.1 Å². The van der Waals surface area contributed by atoms with Crippen LogP contribution in [0.1, 0.15) is 87.5 Å². The minimum atomic E-state index is -4.81. The molecule has 0 radical (unpaired) electrons. The number of Topliss-reactive ketones (excluding diaryl/α,β-unsaturated/α-hetero) is 1. The number of alkyl carbamates (subject to hydrolysis) is 1. The molecule has 1 aliphatic carbocycles. The number of alkyl halides is 3. The number of amides is 2. The van der Waals surface area contributed by atoms with E-state index in [1.807, 2.05) is 48.7 Å². The van der Waals surface area contributed by atoms with E-state index in [1.165, 1.54) is 12.1 Å². The number of likely N-dealkylation sites (tertiary alicyclic amines) is 3. The summed E-state index contributed by atoms with van der Waals surface area (Å²) in [5.41, 5.74) is 7.05. The Bertz CT molecular complexity index is 2990. The maximum atomic E-state index is 14.5. The highest BCUT2D eigenvalue weighted by Crippen LogP contribution is 2.45. The molecule has 16 heteroatoms. The molecule has 4 aliphatic rings. The van der Waals surface area contributed by atoms with Gasteiger partial charge in [0.25, 0.3) is 0 Å². The van der Waals surface area contributed by atoms with Crippen LogP contribution in [0.5, 0.6) is 5.75 Å². The second kappa shape index (κ2) is 20.9. The van der Waals surface area contributed by atoms with Crippen LogP contribution >= 0.6 is 23.2 Å². The number of nitrogens with one attached hydrogen (secondary N) is 1. The zero-order chi connectivity index (χ0) is 51.9. The van der Waals surface area contributed by atoms with Gasteiger partial charge in [0.05, 0.1) is 0 Å². The van der Waals surface area contributed by atoms with Gasteiger partial charge in [0, 0.05) is 109 Å². The second-order valence-corrected chi connectivity index (χ2v) is 22.0. The van der Waals surface area contributed by atoms with E-state index in [2.05, 4.69) is 66.9 Å². The molecule has 1 N–H and O–H groups in total. The summed E-state index contributed by atoms with van der Waals surface area (Å²) in [4.78, 5) is 48.0. The number of aryl methyl sites for hydroxylation is 1. The molecule has 1 aromatic heterocycles. The van der Waals surface area contributed by atoms with E-state index in [-0.39, 0.29) is 56.4 Å². The summed E-state index contributed by atoms with van der Waals surface area (Å²) in [7, 11) is 0. The van der Waals surface area contributed by atoms with Crippen molar-refractivity contribution in [2.75, 3.05) is 32.8 Å². The lowest BCUT2D eigenvalue weighted by Crippen LogP contribution is -2.61. The fraction of sp³-hybridized carbons (Fsp3) is 0.397. The van der Waals surface area contributed by atoms with Gasteiger partial charge in [0.2, 0.25) is 0 Å². The Labute approximate surface area is 439 Å². The van der Waals surface area contributed by atoms with Crippen molar-refractivity contribution in [3.05, 3.63) is 148 Å². The Morgan fingerprint density at radius 1 is 0.757 bits per heavy atom. The highest BCUT2D eigenvalue weighted by Gasteiger charge is 2.45. The lowest BCUT2D eigenvalue weighted by Gasteiger charge is -2.41.